The molecule has 0 aliphatic heterocycles. The van der Waals surface area contributed by atoms with Crippen LogP contribution in [0.3, 0.4) is 0 Å². The van der Waals surface area contributed by atoms with Crippen molar-refractivity contribution in [2.45, 2.75) is 6.54 Å². The maximum atomic E-state index is 12.0. The minimum atomic E-state index is -0.847. The predicted molar refractivity (Wildman–Crippen MR) is 101 cm³/mol. The Bertz CT molecular complexity index is 889. The lowest BCUT2D eigenvalue weighted by atomic mass is 10.1. The van der Waals surface area contributed by atoms with E-state index in [1.807, 2.05) is 0 Å². The summed E-state index contributed by atoms with van der Waals surface area (Å²) in [6.45, 7) is -0.402. The van der Waals surface area contributed by atoms with E-state index in [1.165, 1.54) is 19.2 Å². The number of carbonyl (C=O) groups is 2. The van der Waals surface area contributed by atoms with E-state index in [2.05, 4.69) is 10.6 Å². The van der Waals surface area contributed by atoms with Gasteiger partial charge in [-0.2, -0.15) is 0 Å². The monoisotopic (exact) mass is 411 g/mol. The summed E-state index contributed by atoms with van der Waals surface area (Å²) in [7, 11) is 1.53. The molecule has 0 saturated carbocycles. The molecule has 0 aliphatic rings. The summed E-state index contributed by atoms with van der Waals surface area (Å²) in [5, 5.41) is 17.1. The standard InChI is InChI=1S/C17H15Cl2N3O5/c1-20-14-5-3-10(6-15(14)22(25)26)17(24)27-9-16(23)21-8-11-2-4-12(18)7-13(11)19/h2-7,20H,8-9H2,1H3,(H,21,23). The van der Waals surface area contributed by atoms with Crippen LogP contribution in [0, 0.1) is 10.1 Å². The quantitative estimate of drug-likeness (QED) is 0.410. The molecule has 8 nitrogen and oxygen atoms in total. The lowest BCUT2D eigenvalue weighted by molar-refractivity contribution is -0.384. The van der Waals surface area contributed by atoms with Crippen molar-refractivity contribution in [2.24, 2.45) is 0 Å². The lowest BCUT2D eigenvalue weighted by Gasteiger charge is -2.09. The second-order valence-electron chi connectivity index (χ2n) is 5.33. The summed E-state index contributed by atoms with van der Waals surface area (Å²) in [6, 6.07) is 8.69. The van der Waals surface area contributed by atoms with Crippen LogP contribution in [0.15, 0.2) is 36.4 Å². The van der Waals surface area contributed by atoms with Crippen molar-refractivity contribution in [2.75, 3.05) is 19.0 Å². The molecule has 0 aromatic heterocycles. The number of amides is 1. The first-order valence-electron chi connectivity index (χ1n) is 7.65. The highest BCUT2D eigenvalue weighted by molar-refractivity contribution is 6.35. The number of nitro groups is 1. The van der Waals surface area contributed by atoms with Crippen LogP contribution in [0.5, 0.6) is 0 Å². The Morgan fingerprint density at radius 2 is 1.93 bits per heavy atom. The molecule has 0 unspecified atom stereocenters. The fraction of sp³-hybridized carbons (Fsp3) is 0.176. The van der Waals surface area contributed by atoms with Gasteiger partial charge in [0.25, 0.3) is 11.6 Å². The van der Waals surface area contributed by atoms with Crippen molar-refractivity contribution >= 4 is 46.5 Å². The largest absolute Gasteiger partial charge is 0.452 e. The molecule has 10 heteroatoms. The fourth-order valence-electron chi connectivity index (χ4n) is 2.15. The Kier molecular flexibility index (Phi) is 6.98. The van der Waals surface area contributed by atoms with Crippen LogP contribution in [0.4, 0.5) is 11.4 Å². The number of hydrogen-bond acceptors (Lipinski definition) is 6. The van der Waals surface area contributed by atoms with Gasteiger partial charge in [0.05, 0.1) is 10.5 Å². The zero-order valence-electron chi connectivity index (χ0n) is 14.1. The summed E-state index contributed by atoms with van der Waals surface area (Å²) in [5.74, 6) is -1.39. The van der Waals surface area contributed by atoms with Crippen LogP contribution in [0.1, 0.15) is 15.9 Å². The lowest BCUT2D eigenvalue weighted by Crippen LogP contribution is -2.28. The summed E-state index contributed by atoms with van der Waals surface area (Å²) in [4.78, 5) is 34.2. The third-order valence-corrected chi connectivity index (χ3v) is 4.11. The normalized spacial score (nSPS) is 10.2. The highest BCUT2D eigenvalue weighted by Gasteiger charge is 2.18. The summed E-state index contributed by atoms with van der Waals surface area (Å²) < 4.78 is 4.89. The van der Waals surface area contributed by atoms with Gasteiger partial charge < -0.3 is 15.4 Å². The van der Waals surface area contributed by atoms with Gasteiger partial charge >= 0.3 is 5.97 Å². The molecule has 0 heterocycles. The van der Waals surface area contributed by atoms with Crippen LogP contribution < -0.4 is 10.6 Å². The van der Waals surface area contributed by atoms with Crippen molar-refractivity contribution < 1.29 is 19.2 Å². The molecule has 1 amide bonds. The van der Waals surface area contributed by atoms with Gasteiger partial charge in [0.2, 0.25) is 0 Å². The number of ether oxygens (including phenoxy) is 1. The first-order chi connectivity index (χ1) is 12.8. The van der Waals surface area contributed by atoms with E-state index in [4.69, 9.17) is 27.9 Å². The number of rotatable bonds is 7. The number of nitro benzene ring substituents is 1. The molecule has 0 fully saturated rings. The minimum Gasteiger partial charge on any atom is -0.452 e. The van der Waals surface area contributed by atoms with Gasteiger partial charge in [0.15, 0.2) is 6.61 Å². The molecule has 2 rings (SSSR count). The van der Waals surface area contributed by atoms with Gasteiger partial charge in [-0.15, -0.1) is 0 Å². The van der Waals surface area contributed by atoms with E-state index in [0.29, 0.717) is 15.6 Å². The second-order valence-corrected chi connectivity index (χ2v) is 6.17. The van der Waals surface area contributed by atoms with Crippen LogP contribution in [0.2, 0.25) is 10.0 Å². The number of benzene rings is 2. The highest BCUT2D eigenvalue weighted by atomic mass is 35.5. The minimum absolute atomic E-state index is 0.0331. The molecule has 0 bridgehead atoms. The first kappa shape index (κ1) is 20.5. The molecule has 0 atom stereocenters. The molecular formula is C17H15Cl2N3O5. The number of anilines is 1. The third kappa shape index (κ3) is 5.57. The number of nitrogens with zero attached hydrogens (tertiary/aromatic N) is 1. The number of carbonyl (C=O) groups excluding carboxylic acids is 2. The molecule has 2 aromatic carbocycles. The molecular weight excluding hydrogens is 397 g/mol. The topological polar surface area (TPSA) is 111 Å². The van der Waals surface area contributed by atoms with E-state index < -0.39 is 23.4 Å². The van der Waals surface area contributed by atoms with Crippen LogP contribution in [-0.4, -0.2) is 30.5 Å². The number of esters is 1. The molecule has 142 valence electrons. The zero-order chi connectivity index (χ0) is 20.0. The Balaban J connectivity index is 1.92. The maximum absolute atomic E-state index is 12.0. The van der Waals surface area contributed by atoms with Crippen molar-refractivity contribution in [3.63, 3.8) is 0 Å². The number of halogens is 2. The summed E-state index contributed by atoms with van der Waals surface area (Å²) >= 11 is 11.8. The van der Waals surface area contributed by atoms with Crippen molar-refractivity contribution in [3.8, 4) is 0 Å². The molecule has 0 saturated heterocycles. The van der Waals surface area contributed by atoms with E-state index in [9.17, 15) is 19.7 Å². The Morgan fingerprint density at radius 3 is 2.56 bits per heavy atom. The van der Waals surface area contributed by atoms with E-state index in [1.54, 1.807) is 18.2 Å². The average Bonchev–Trinajstić information content (AvgIpc) is 2.64. The van der Waals surface area contributed by atoms with Crippen molar-refractivity contribution in [1.82, 2.24) is 5.32 Å². The zero-order valence-corrected chi connectivity index (χ0v) is 15.6. The number of nitrogens with one attached hydrogen (secondary N) is 2. The van der Waals surface area contributed by atoms with Crippen LogP contribution >= 0.6 is 23.2 Å². The molecule has 2 aromatic rings. The van der Waals surface area contributed by atoms with E-state index in [0.717, 1.165) is 6.07 Å². The SMILES string of the molecule is CNc1ccc(C(=O)OCC(=O)NCc2ccc(Cl)cc2Cl)cc1[N+](=O)[O-]. The van der Waals surface area contributed by atoms with Crippen molar-refractivity contribution in [1.29, 1.82) is 0 Å². The predicted octanol–water partition coefficient (Wildman–Crippen LogP) is 3.42. The second kappa shape index (κ2) is 9.20. The van der Waals surface area contributed by atoms with E-state index in [-0.39, 0.29) is 23.5 Å². The Hall–Kier alpha value is -2.84. The van der Waals surface area contributed by atoms with E-state index >= 15 is 0 Å². The molecule has 27 heavy (non-hydrogen) atoms. The van der Waals surface area contributed by atoms with Crippen LogP contribution in [0.25, 0.3) is 0 Å². The Labute approximate surface area is 164 Å². The molecule has 0 radical (unpaired) electrons. The van der Waals surface area contributed by atoms with Gasteiger partial charge in [-0.25, -0.2) is 4.79 Å². The Morgan fingerprint density at radius 1 is 1.19 bits per heavy atom. The van der Waals surface area contributed by atoms with Gasteiger partial charge in [-0.05, 0) is 29.8 Å². The smallest absolute Gasteiger partial charge is 0.338 e. The first-order valence-corrected chi connectivity index (χ1v) is 8.41. The molecule has 0 aliphatic carbocycles. The van der Waals surface area contributed by atoms with Gasteiger partial charge in [0.1, 0.15) is 5.69 Å². The third-order valence-electron chi connectivity index (χ3n) is 3.52. The number of hydrogen-bond donors (Lipinski definition) is 2. The molecule has 2 N–H and O–H groups in total. The summed E-state index contributed by atoms with van der Waals surface area (Å²) in [6.07, 6.45) is 0. The molecule has 0 spiro atoms. The van der Waals surface area contributed by atoms with Gasteiger partial charge in [0, 0.05) is 29.7 Å². The van der Waals surface area contributed by atoms with Crippen LogP contribution in [-0.2, 0) is 16.1 Å². The maximum Gasteiger partial charge on any atom is 0.338 e. The fourth-order valence-corrected chi connectivity index (χ4v) is 2.62. The van der Waals surface area contributed by atoms with Crippen molar-refractivity contribution in [3.05, 3.63) is 67.7 Å². The van der Waals surface area contributed by atoms with Gasteiger partial charge in [-0.1, -0.05) is 29.3 Å². The highest BCUT2D eigenvalue weighted by Crippen LogP contribution is 2.25. The van der Waals surface area contributed by atoms with Gasteiger partial charge in [-0.3, -0.25) is 14.9 Å². The summed E-state index contributed by atoms with van der Waals surface area (Å²) in [5.41, 5.74) is 0.608. The average molecular weight is 412 g/mol.